The molecule has 0 radical (unpaired) electrons. The minimum absolute atomic E-state index is 0.273. The van der Waals surface area contributed by atoms with Crippen LogP contribution in [0.25, 0.3) is 0 Å². The Kier molecular flexibility index (Phi) is 4.30. The molecule has 1 N–H and O–H groups in total. The van der Waals surface area contributed by atoms with Crippen molar-refractivity contribution >= 4 is 0 Å². The van der Waals surface area contributed by atoms with Gasteiger partial charge in [0, 0.05) is 31.2 Å². The summed E-state index contributed by atoms with van der Waals surface area (Å²) in [4.78, 5) is 10.9. The quantitative estimate of drug-likeness (QED) is 0.883. The van der Waals surface area contributed by atoms with Crippen LogP contribution in [-0.2, 0) is 0 Å². The van der Waals surface area contributed by atoms with Crippen LogP contribution in [0.1, 0.15) is 38.4 Å². The predicted octanol–water partition coefficient (Wildman–Crippen LogP) is 1.86. The molecule has 1 atom stereocenters. The highest BCUT2D eigenvalue weighted by molar-refractivity contribution is 5.01. The van der Waals surface area contributed by atoms with Crippen molar-refractivity contribution in [1.29, 1.82) is 0 Å². The van der Waals surface area contributed by atoms with E-state index in [9.17, 15) is 0 Å². The second-order valence-corrected chi connectivity index (χ2v) is 5.85. The summed E-state index contributed by atoms with van der Waals surface area (Å²) in [5.74, 6) is 0. The van der Waals surface area contributed by atoms with Gasteiger partial charge in [-0.3, -0.25) is 9.97 Å². The highest BCUT2D eigenvalue weighted by atomic mass is 15.1. The zero-order valence-corrected chi connectivity index (χ0v) is 11.7. The molecular weight excluding hydrogens is 224 g/mol. The molecular formula is C14H24N4. The van der Waals surface area contributed by atoms with E-state index in [4.69, 9.17) is 0 Å². The van der Waals surface area contributed by atoms with Gasteiger partial charge in [-0.05, 0) is 45.3 Å². The van der Waals surface area contributed by atoms with Crippen LogP contribution in [0.3, 0.4) is 0 Å². The fourth-order valence-corrected chi connectivity index (χ4v) is 2.37. The minimum atomic E-state index is 0.273. The van der Waals surface area contributed by atoms with Crippen molar-refractivity contribution in [2.24, 2.45) is 5.41 Å². The number of rotatable bonds is 4. The first kappa shape index (κ1) is 13.4. The van der Waals surface area contributed by atoms with E-state index in [-0.39, 0.29) is 6.04 Å². The summed E-state index contributed by atoms with van der Waals surface area (Å²) >= 11 is 0. The van der Waals surface area contributed by atoms with Gasteiger partial charge in [-0.25, -0.2) is 0 Å². The van der Waals surface area contributed by atoms with E-state index >= 15 is 0 Å². The van der Waals surface area contributed by atoms with Crippen molar-refractivity contribution in [3.05, 3.63) is 24.3 Å². The molecule has 0 amide bonds. The maximum absolute atomic E-state index is 4.34. The summed E-state index contributed by atoms with van der Waals surface area (Å²) < 4.78 is 0. The number of nitrogens with zero attached hydrogens (tertiary/aromatic N) is 3. The van der Waals surface area contributed by atoms with Crippen LogP contribution in [0.5, 0.6) is 0 Å². The second-order valence-electron chi connectivity index (χ2n) is 5.85. The molecule has 4 nitrogen and oxygen atoms in total. The molecule has 0 aliphatic carbocycles. The summed E-state index contributed by atoms with van der Waals surface area (Å²) in [6.07, 6.45) is 7.85. The minimum Gasteiger partial charge on any atom is -0.308 e. The maximum Gasteiger partial charge on any atom is 0.0753 e. The number of likely N-dealkylation sites (tertiary alicyclic amines) is 1. The smallest absolute Gasteiger partial charge is 0.0753 e. The molecule has 2 heterocycles. The molecule has 100 valence electrons. The molecule has 1 aliphatic rings. The second kappa shape index (κ2) is 5.76. The van der Waals surface area contributed by atoms with E-state index in [0.717, 1.165) is 12.2 Å². The Morgan fingerprint density at radius 2 is 2.11 bits per heavy atom. The van der Waals surface area contributed by atoms with Crippen LogP contribution in [0, 0.1) is 5.41 Å². The van der Waals surface area contributed by atoms with Gasteiger partial charge in [0.25, 0.3) is 0 Å². The molecule has 1 unspecified atom stereocenters. The number of aromatic nitrogens is 2. The van der Waals surface area contributed by atoms with Crippen molar-refractivity contribution in [2.75, 3.05) is 26.7 Å². The third-order valence-electron chi connectivity index (χ3n) is 4.06. The monoisotopic (exact) mass is 248 g/mol. The van der Waals surface area contributed by atoms with Gasteiger partial charge in [0.2, 0.25) is 0 Å². The Morgan fingerprint density at radius 3 is 2.72 bits per heavy atom. The molecule has 1 aromatic rings. The van der Waals surface area contributed by atoms with E-state index in [2.05, 4.69) is 41.1 Å². The summed E-state index contributed by atoms with van der Waals surface area (Å²) in [6.45, 7) is 8.01. The van der Waals surface area contributed by atoms with E-state index in [0.29, 0.717) is 5.41 Å². The van der Waals surface area contributed by atoms with E-state index in [1.165, 1.54) is 25.9 Å². The van der Waals surface area contributed by atoms with Gasteiger partial charge in [0.1, 0.15) is 0 Å². The Hall–Kier alpha value is -1.00. The molecule has 0 spiro atoms. The molecule has 0 saturated carbocycles. The lowest BCUT2D eigenvalue weighted by atomic mass is 9.80. The molecule has 1 aliphatic heterocycles. The average Bonchev–Trinajstić information content (AvgIpc) is 2.41. The van der Waals surface area contributed by atoms with Gasteiger partial charge in [-0.2, -0.15) is 0 Å². The Morgan fingerprint density at radius 1 is 1.39 bits per heavy atom. The van der Waals surface area contributed by atoms with Crippen molar-refractivity contribution < 1.29 is 0 Å². The zero-order valence-electron chi connectivity index (χ0n) is 11.7. The fraction of sp³-hybridized carbons (Fsp3) is 0.714. The van der Waals surface area contributed by atoms with Crippen molar-refractivity contribution in [1.82, 2.24) is 20.2 Å². The molecule has 1 aromatic heterocycles. The van der Waals surface area contributed by atoms with Gasteiger partial charge in [0.15, 0.2) is 0 Å². The summed E-state index contributed by atoms with van der Waals surface area (Å²) in [7, 11) is 2.20. The number of piperidine rings is 1. The van der Waals surface area contributed by atoms with Crippen LogP contribution in [0.4, 0.5) is 0 Å². The highest BCUT2D eigenvalue weighted by Gasteiger charge is 2.29. The Labute approximate surface area is 110 Å². The maximum atomic E-state index is 4.34. The first-order valence-corrected chi connectivity index (χ1v) is 6.77. The molecule has 0 aromatic carbocycles. The lowest BCUT2D eigenvalue weighted by molar-refractivity contribution is 0.134. The first-order chi connectivity index (χ1) is 8.59. The van der Waals surface area contributed by atoms with Crippen LogP contribution < -0.4 is 5.32 Å². The largest absolute Gasteiger partial charge is 0.308 e. The Bertz CT molecular complexity index is 357. The fourth-order valence-electron chi connectivity index (χ4n) is 2.37. The highest BCUT2D eigenvalue weighted by Crippen LogP contribution is 2.30. The molecule has 1 saturated heterocycles. The van der Waals surface area contributed by atoms with Crippen LogP contribution >= 0.6 is 0 Å². The van der Waals surface area contributed by atoms with Crippen LogP contribution in [0.15, 0.2) is 18.6 Å². The average molecular weight is 248 g/mol. The summed E-state index contributed by atoms with van der Waals surface area (Å²) in [5.41, 5.74) is 1.44. The molecule has 4 heteroatoms. The number of hydrogen-bond acceptors (Lipinski definition) is 4. The summed E-state index contributed by atoms with van der Waals surface area (Å²) in [6, 6.07) is 0.273. The molecule has 18 heavy (non-hydrogen) atoms. The topological polar surface area (TPSA) is 41.0 Å². The lowest BCUT2D eigenvalue weighted by Crippen LogP contribution is -2.42. The van der Waals surface area contributed by atoms with Gasteiger partial charge in [-0.15, -0.1) is 0 Å². The van der Waals surface area contributed by atoms with Gasteiger partial charge < -0.3 is 10.2 Å². The van der Waals surface area contributed by atoms with E-state index in [1.807, 2.05) is 6.20 Å². The Balaban J connectivity index is 1.84. The van der Waals surface area contributed by atoms with Crippen molar-refractivity contribution in [3.63, 3.8) is 0 Å². The van der Waals surface area contributed by atoms with Crippen molar-refractivity contribution in [2.45, 2.75) is 32.7 Å². The number of nitrogens with one attached hydrogen (secondary N) is 1. The summed E-state index contributed by atoms with van der Waals surface area (Å²) in [5, 5.41) is 3.60. The van der Waals surface area contributed by atoms with E-state index in [1.54, 1.807) is 12.4 Å². The standard InChI is InChI=1S/C14H24N4/c1-12(13-10-15-6-7-16-13)17-11-14(2)4-8-18(3)9-5-14/h6-7,10,12,17H,4-5,8-9,11H2,1-3H3. The molecule has 2 rings (SSSR count). The zero-order chi connectivity index (χ0) is 13.0. The third-order valence-corrected chi connectivity index (χ3v) is 4.06. The van der Waals surface area contributed by atoms with Gasteiger partial charge >= 0.3 is 0 Å². The number of hydrogen-bond donors (Lipinski definition) is 1. The molecule has 0 bridgehead atoms. The first-order valence-electron chi connectivity index (χ1n) is 6.77. The third kappa shape index (κ3) is 3.50. The van der Waals surface area contributed by atoms with Crippen LogP contribution in [0.2, 0.25) is 0 Å². The van der Waals surface area contributed by atoms with Crippen LogP contribution in [-0.4, -0.2) is 41.5 Å². The van der Waals surface area contributed by atoms with Gasteiger partial charge in [0.05, 0.1) is 5.69 Å². The van der Waals surface area contributed by atoms with Crippen molar-refractivity contribution in [3.8, 4) is 0 Å². The molecule has 1 fully saturated rings. The lowest BCUT2D eigenvalue weighted by Gasteiger charge is -2.38. The normalized spacial score (nSPS) is 21.7. The predicted molar refractivity (Wildman–Crippen MR) is 73.3 cm³/mol. The SMILES string of the molecule is CC(NCC1(C)CCN(C)CC1)c1cnccn1. The van der Waals surface area contributed by atoms with E-state index < -0.39 is 0 Å². The van der Waals surface area contributed by atoms with Gasteiger partial charge in [-0.1, -0.05) is 6.92 Å².